The molecule has 3 rings (SSSR count). The highest BCUT2D eigenvalue weighted by molar-refractivity contribution is 5.94. The minimum Gasteiger partial charge on any atom is -0.362 e. The third-order valence-corrected chi connectivity index (χ3v) is 4.45. The number of hydrogen-bond donors (Lipinski definition) is 0. The monoisotopic (exact) mass is 339 g/mol. The van der Waals surface area contributed by atoms with E-state index in [1.165, 1.54) is 6.07 Å². The summed E-state index contributed by atoms with van der Waals surface area (Å²) in [6, 6.07) is 12.6. The van der Waals surface area contributed by atoms with Gasteiger partial charge in [0.05, 0.1) is 4.92 Å². The average molecular weight is 339 g/mol. The predicted molar refractivity (Wildman–Crippen MR) is 97.1 cm³/mol. The number of rotatable bonds is 3. The molecule has 0 bridgehead atoms. The van der Waals surface area contributed by atoms with Gasteiger partial charge in [-0.3, -0.25) is 14.9 Å². The molecule has 1 saturated heterocycles. The number of nitro groups is 1. The number of anilines is 1. The second-order valence-electron chi connectivity index (χ2n) is 6.40. The van der Waals surface area contributed by atoms with Gasteiger partial charge in [-0.2, -0.15) is 0 Å². The van der Waals surface area contributed by atoms with Crippen molar-refractivity contribution in [3.05, 3.63) is 69.3 Å². The summed E-state index contributed by atoms with van der Waals surface area (Å²) < 4.78 is 0. The minimum atomic E-state index is -0.359. The van der Waals surface area contributed by atoms with Crippen LogP contribution in [-0.2, 0) is 0 Å². The van der Waals surface area contributed by atoms with Crippen LogP contribution in [0.4, 0.5) is 11.4 Å². The van der Waals surface area contributed by atoms with E-state index in [9.17, 15) is 14.9 Å². The van der Waals surface area contributed by atoms with Crippen molar-refractivity contribution in [2.45, 2.75) is 13.8 Å². The summed E-state index contributed by atoms with van der Waals surface area (Å²) in [6.07, 6.45) is 0. The molecule has 25 heavy (non-hydrogen) atoms. The second kappa shape index (κ2) is 6.93. The molecule has 0 unspecified atom stereocenters. The molecule has 130 valence electrons. The van der Waals surface area contributed by atoms with E-state index >= 15 is 0 Å². The van der Waals surface area contributed by atoms with Crippen LogP contribution in [0.2, 0.25) is 0 Å². The molecule has 0 aliphatic carbocycles. The van der Waals surface area contributed by atoms with Crippen molar-refractivity contribution in [1.82, 2.24) is 4.90 Å². The third kappa shape index (κ3) is 3.63. The number of carbonyl (C=O) groups is 1. The Bertz CT molecular complexity index is 791. The van der Waals surface area contributed by atoms with Gasteiger partial charge < -0.3 is 9.80 Å². The Morgan fingerprint density at radius 3 is 2.20 bits per heavy atom. The SMILES string of the molecule is Cc1cc(C)cc(C(=O)N2CCN(c3ccccc3[N+](=O)[O-])CC2)c1. The van der Waals surface area contributed by atoms with Crippen molar-refractivity contribution in [2.24, 2.45) is 0 Å². The number of amides is 1. The molecule has 6 heteroatoms. The molecule has 1 amide bonds. The molecule has 0 aromatic heterocycles. The van der Waals surface area contributed by atoms with E-state index in [0.717, 1.165) is 11.1 Å². The van der Waals surface area contributed by atoms with Crippen LogP contribution in [0.1, 0.15) is 21.5 Å². The van der Waals surface area contributed by atoms with Gasteiger partial charge in [0, 0.05) is 37.8 Å². The van der Waals surface area contributed by atoms with Gasteiger partial charge in [-0.1, -0.05) is 29.3 Å². The quantitative estimate of drug-likeness (QED) is 0.636. The minimum absolute atomic E-state index is 0.0222. The number of carbonyl (C=O) groups excluding carboxylic acids is 1. The molecule has 0 spiro atoms. The van der Waals surface area contributed by atoms with E-state index in [-0.39, 0.29) is 16.5 Å². The van der Waals surface area contributed by atoms with E-state index in [1.54, 1.807) is 18.2 Å². The van der Waals surface area contributed by atoms with Crippen LogP contribution in [0.3, 0.4) is 0 Å². The summed E-state index contributed by atoms with van der Waals surface area (Å²) in [6.45, 7) is 6.24. The Balaban J connectivity index is 1.72. The number of nitro benzene ring substituents is 1. The molecule has 0 saturated carbocycles. The summed E-state index contributed by atoms with van der Waals surface area (Å²) in [5.74, 6) is 0.0222. The van der Waals surface area contributed by atoms with Crippen LogP contribution in [0.25, 0.3) is 0 Å². The van der Waals surface area contributed by atoms with E-state index in [2.05, 4.69) is 0 Å². The third-order valence-electron chi connectivity index (χ3n) is 4.45. The maximum Gasteiger partial charge on any atom is 0.292 e. The standard InChI is InChI=1S/C19H21N3O3/c1-14-11-15(2)13-16(12-14)19(23)21-9-7-20(8-10-21)17-5-3-4-6-18(17)22(24)25/h3-6,11-13H,7-10H2,1-2H3. The number of benzene rings is 2. The van der Waals surface area contributed by atoms with Gasteiger partial charge in [0.2, 0.25) is 0 Å². The molecule has 0 radical (unpaired) electrons. The lowest BCUT2D eigenvalue weighted by Crippen LogP contribution is -2.49. The molecule has 0 atom stereocenters. The Hall–Kier alpha value is -2.89. The first-order valence-corrected chi connectivity index (χ1v) is 8.31. The van der Waals surface area contributed by atoms with Crippen molar-refractivity contribution in [3.63, 3.8) is 0 Å². The summed E-state index contributed by atoms with van der Waals surface area (Å²) in [5, 5.41) is 11.2. The first-order valence-electron chi connectivity index (χ1n) is 8.31. The zero-order valence-electron chi connectivity index (χ0n) is 14.4. The lowest BCUT2D eigenvalue weighted by molar-refractivity contribution is -0.384. The first-order chi connectivity index (χ1) is 12.0. The molecule has 6 nitrogen and oxygen atoms in total. The lowest BCUT2D eigenvalue weighted by Gasteiger charge is -2.35. The molecular formula is C19H21N3O3. The second-order valence-corrected chi connectivity index (χ2v) is 6.40. The number of hydrogen-bond acceptors (Lipinski definition) is 4. The molecule has 2 aromatic rings. The molecule has 1 aliphatic rings. The largest absolute Gasteiger partial charge is 0.362 e. The molecule has 1 fully saturated rings. The van der Waals surface area contributed by atoms with Crippen molar-refractivity contribution >= 4 is 17.3 Å². The normalized spacial score (nSPS) is 14.5. The smallest absolute Gasteiger partial charge is 0.292 e. The van der Waals surface area contributed by atoms with Crippen molar-refractivity contribution in [3.8, 4) is 0 Å². The fourth-order valence-electron chi connectivity index (χ4n) is 3.32. The molecule has 2 aromatic carbocycles. The summed E-state index contributed by atoms with van der Waals surface area (Å²) in [4.78, 5) is 27.4. The molecule has 1 aliphatic heterocycles. The van der Waals surface area contributed by atoms with E-state index in [1.807, 2.05) is 41.8 Å². The topological polar surface area (TPSA) is 66.7 Å². The first kappa shape index (κ1) is 17.0. The van der Waals surface area contributed by atoms with Gasteiger partial charge in [0.25, 0.3) is 11.6 Å². The highest BCUT2D eigenvalue weighted by atomic mass is 16.6. The highest BCUT2D eigenvalue weighted by Gasteiger charge is 2.26. The number of piperazine rings is 1. The summed E-state index contributed by atoms with van der Waals surface area (Å²) >= 11 is 0. The van der Waals surface area contributed by atoms with Crippen LogP contribution in [0.5, 0.6) is 0 Å². The van der Waals surface area contributed by atoms with Gasteiger partial charge in [-0.25, -0.2) is 0 Å². The lowest BCUT2D eigenvalue weighted by atomic mass is 10.1. The van der Waals surface area contributed by atoms with Gasteiger partial charge in [-0.05, 0) is 32.0 Å². The van der Waals surface area contributed by atoms with E-state index in [0.29, 0.717) is 37.4 Å². The fraction of sp³-hybridized carbons (Fsp3) is 0.316. The van der Waals surface area contributed by atoms with Crippen LogP contribution in [0.15, 0.2) is 42.5 Å². The van der Waals surface area contributed by atoms with Crippen molar-refractivity contribution in [2.75, 3.05) is 31.1 Å². The van der Waals surface area contributed by atoms with Crippen LogP contribution < -0.4 is 4.90 Å². The van der Waals surface area contributed by atoms with Gasteiger partial charge in [0.1, 0.15) is 5.69 Å². The van der Waals surface area contributed by atoms with Gasteiger partial charge >= 0.3 is 0 Å². The van der Waals surface area contributed by atoms with E-state index in [4.69, 9.17) is 0 Å². The van der Waals surface area contributed by atoms with Crippen LogP contribution in [0, 0.1) is 24.0 Å². The number of nitrogens with zero attached hydrogens (tertiary/aromatic N) is 3. The maximum absolute atomic E-state index is 12.7. The zero-order valence-corrected chi connectivity index (χ0v) is 14.4. The number of aryl methyl sites for hydroxylation is 2. The molecule has 0 N–H and O–H groups in total. The van der Waals surface area contributed by atoms with E-state index < -0.39 is 0 Å². The Morgan fingerprint density at radius 1 is 1.00 bits per heavy atom. The summed E-state index contributed by atoms with van der Waals surface area (Å²) in [7, 11) is 0. The zero-order chi connectivity index (χ0) is 18.0. The predicted octanol–water partition coefficient (Wildman–Crippen LogP) is 3.17. The average Bonchev–Trinajstić information content (AvgIpc) is 2.60. The van der Waals surface area contributed by atoms with Gasteiger partial charge in [-0.15, -0.1) is 0 Å². The van der Waals surface area contributed by atoms with Crippen molar-refractivity contribution < 1.29 is 9.72 Å². The number of para-hydroxylation sites is 2. The Kier molecular flexibility index (Phi) is 4.70. The molecular weight excluding hydrogens is 318 g/mol. The van der Waals surface area contributed by atoms with Gasteiger partial charge in [0.15, 0.2) is 0 Å². The summed E-state index contributed by atoms with van der Waals surface area (Å²) in [5.41, 5.74) is 3.57. The Labute approximate surface area is 146 Å². The van der Waals surface area contributed by atoms with Crippen LogP contribution >= 0.6 is 0 Å². The fourth-order valence-corrected chi connectivity index (χ4v) is 3.32. The Morgan fingerprint density at radius 2 is 1.60 bits per heavy atom. The van der Waals surface area contributed by atoms with Crippen molar-refractivity contribution in [1.29, 1.82) is 0 Å². The van der Waals surface area contributed by atoms with Crippen LogP contribution in [-0.4, -0.2) is 41.9 Å². The highest BCUT2D eigenvalue weighted by Crippen LogP contribution is 2.28. The molecule has 1 heterocycles. The maximum atomic E-state index is 12.7.